The lowest BCUT2D eigenvalue weighted by molar-refractivity contribution is 0.169. The molecular formula is C25H29NO2. The normalized spacial score (nSPS) is 13.3. The Morgan fingerprint density at radius 1 is 0.786 bits per heavy atom. The third kappa shape index (κ3) is 5.00. The topological polar surface area (TPSA) is 52.5 Å². The van der Waals surface area contributed by atoms with Crippen LogP contribution in [-0.2, 0) is 6.42 Å². The van der Waals surface area contributed by atoms with Gasteiger partial charge in [0, 0.05) is 12.6 Å². The van der Waals surface area contributed by atoms with Crippen LogP contribution in [0.1, 0.15) is 45.5 Å². The molecule has 28 heavy (non-hydrogen) atoms. The molecular weight excluding hydrogens is 346 g/mol. The summed E-state index contributed by atoms with van der Waals surface area (Å²) in [4.78, 5) is 0. The zero-order valence-corrected chi connectivity index (χ0v) is 16.8. The van der Waals surface area contributed by atoms with Crippen molar-refractivity contribution < 1.29 is 10.2 Å². The summed E-state index contributed by atoms with van der Waals surface area (Å²) in [6.45, 7) is 6.53. The lowest BCUT2D eigenvalue weighted by Gasteiger charge is -2.23. The van der Waals surface area contributed by atoms with Gasteiger partial charge in [0.15, 0.2) is 0 Å². The van der Waals surface area contributed by atoms with Gasteiger partial charge in [-0.15, -0.1) is 0 Å². The average molecular weight is 376 g/mol. The van der Waals surface area contributed by atoms with Crippen molar-refractivity contribution in [3.05, 3.63) is 100 Å². The van der Waals surface area contributed by atoms with Crippen LogP contribution in [0.15, 0.2) is 66.7 Å². The highest BCUT2D eigenvalue weighted by Crippen LogP contribution is 2.24. The summed E-state index contributed by atoms with van der Waals surface area (Å²) in [7, 11) is 0. The van der Waals surface area contributed by atoms with Crippen LogP contribution in [0.4, 0.5) is 0 Å². The van der Waals surface area contributed by atoms with Gasteiger partial charge in [-0.05, 0) is 72.7 Å². The lowest BCUT2D eigenvalue weighted by atomic mass is 9.95. The van der Waals surface area contributed by atoms with E-state index in [0.29, 0.717) is 6.54 Å². The monoisotopic (exact) mass is 375 g/mol. The van der Waals surface area contributed by atoms with Gasteiger partial charge in [0.05, 0.1) is 6.10 Å². The highest BCUT2D eigenvalue weighted by molar-refractivity contribution is 5.36. The number of aromatic hydroxyl groups is 1. The van der Waals surface area contributed by atoms with Gasteiger partial charge in [-0.25, -0.2) is 0 Å². The number of aliphatic hydroxyl groups is 1. The van der Waals surface area contributed by atoms with Crippen molar-refractivity contribution in [2.45, 2.75) is 39.3 Å². The molecule has 3 N–H and O–H groups in total. The summed E-state index contributed by atoms with van der Waals surface area (Å²) in [5, 5.41) is 23.9. The van der Waals surface area contributed by atoms with Gasteiger partial charge in [-0.2, -0.15) is 0 Å². The molecule has 2 atom stereocenters. The van der Waals surface area contributed by atoms with Crippen LogP contribution < -0.4 is 5.32 Å². The third-order valence-electron chi connectivity index (χ3n) is 5.38. The van der Waals surface area contributed by atoms with Crippen LogP contribution in [0.5, 0.6) is 5.75 Å². The van der Waals surface area contributed by atoms with Crippen LogP contribution in [0.25, 0.3) is 0 Å². The molecule has 0 saturated heterocycles. The largest absolute Gasteiger partial charge is 0.508 e. The van der Waals surface area contributed by atoms with Crippen molar-refractivity contribution in [3.8, 4) is 5.75 Å². The number of hydrogen-bond acceptors (Lipinski definition) is 3. The SMILES string of the molecule is Cc1ccc([C@H](Cc2ccccc2)NC[C@H](O)c2ccc(O)c(C)c2)cc1C. The van der Waals surface area contributed by atoms with Crippen LogP contribution >= 0.6 is 0 Å². The first kappa shape index (κ1) is 20.1. The summed E-state index contributed by atoms with van der Waals surface area (Å²) < 4.78 is 0. The molecule has 0 unspecified atom stereocenters. The van der Waals surface area contributed by atoms with Gasteiger partial charge in [0.1, 0.15) is 5.75 Å². The number of aryl methyl sites for hydroxylation is 3. The summed E-state index contributed by atoms with van der Waals surface area (Å²) in [6.07, 6.45) is 0.217. The molecule has 0 heterocycles. The quantitative estimate of drug-likeness (QED) is 0.549. The summed E-state index contributed by atoms with van der Waals surface area (Å²) in [6, 6.07) is 22.3. The van der Waals surface area contributed by atoms with E-state index in [4.69, 9.17) is 0 Å². The molecule has 0 aliphatic heterocycles. The van der Waals surface area contributed by atoms with Crippen molar-refractivity contribution in [1.82, 2.24) is 5.32 Å². The molecule has 0 spiro atoms. The minimum absolute atomic E-state index is 0.106. The molecule has 3 nitrogen and oxygen atoms in total. The Labute approximate surface area is 167 Å². The van der Waals surface area contributed by atoms with Crippen LogP contribution in [0.2, 0.25) is 0 Å². The standard InChI is InChI=1S/C25H29NO2/c1-17-9-10-21(13-18(17)2)23(15-20-7-5-4-6-8-20)26-16-25(28)22-11-12-24(27)19(3)14-22/h4-14,23,25-28H,15-16H2,1-3H3/t23-,25-/m0/s1. The van der Waals surface area contributed by atoms with Gasteiger partial charge < -0.3 is 15.5 Å². The molecule has 0 bridgehead atoms. The van der Waals surface area contributed by atoms with Gasteiger partial charge in [-0.3, -0.25) is 0 Å². The van der Waals surface area contributed by atoms with Crippen molar-refractivity contribution >= 4 is 0 Å². The van der Waals surface area contributed by atoms with E-state index in [1.807, 2.05) is 19.1 Å². The number of aliphatic hydroxyl groups excluding tert-OH is 1. The highest BCUT2D eigenvalue weighted by atomic mass is 16.3. The molecule has 0 aliphatic rings. The zero-order valence-electron chi connectivity index (χ0n) is 16.8. The minimum atomic E-state index is -0.635. The fraction of sp³-hybridized carbons (Fsp3) is 0.280. The molecule has 0 fully saturated rings. The van der Waals surface area contributed by atoms with Gasteiger partial charge >= 0.3 is 0 Å². The number of nitrogens with one attached hydrogen (secondary N) is 1. The number of phenolic OH excluding ortho intramolecular Hbond substituents is 1. The Morgan fingerprint density at radius 2 is 1.46 bits per heavy atom. The Hall–Kier alpha value is -2.62. The maximum atomic E-state index is 10.7. The van der Waals surface area contributed by atoms with Gasteiger partial charge in [-0.1, -0.05) is 54.6 Å². The Morgan fingerprint density at radius 3 is 2.14 bits per heavy atom. The van der Waals surface area contributed by atoms with Crippen LogP contribution in [0.3, 0.4) is 0 Å². The minimum Gasteiger partial charge on any atom is -0.508 e. The lowest BCUT2D eigenvalue weighted by Crippen LogP contribution is -2.28. The molecule has 3 rings (SSSR count). The van der Waals surface area contributed by atoms with E-state index >= 15 is 0 Å². The van der Waals surface area contributed by atoms with Crippen molar-refractivity contribution in [1.29, 1.82) is 0 Å². The van der Waals surface area contributed by atoms with Crippen molar-refractivity contribution in [2.24, 2.45) is 0 Å². The van der Waals surface area contributed by atoms with E-state index in [9.17, 15) is 10.2 Å². The van der Waals surface area contributed by atoms with Gasteiger partial charge in [0.25, 0.3) is 0 Å². The first-order valence-corrected chi connectivity index (χ1v) is 9.76. The van der Waals surface area contributed by atoms with E-state index in [1.165, 1.54) is 22.3 Å². The number of rotatable bonds is 7. The Bertz CT molecular complexity index is 921. The first-order chi connectivity index (χ1) is 13.4. The summed E-state index contributed by atoms with van der Waals surface area (Å²) >= 11 is 0. The van der Waals surface area contributed by atoms with E-state index in [0.717, 1.165) is 17.5 Å². The smallest absolute Gasteiger partial charge is 0.118 e. The molecule has 0 saturated carbocycles. The second-order valence-corrected chi connectivity index (χ2v) is 7.56. The maximum Gasteiger partial charge on any atom is 0.118 e. The summed E-state index contributed by atoms with van der Waals surface area (Å²) in [5.74, 6) is 0.251. The molecule has 3 heteroatoms. The van der Waals surface area contributed by atoms with Crippen LogP contribution in [0, 0.1) is 20.8 Å². The Kier molecular flexibility index (Phi) is 6.50. The van der Waals surface area contributed by atoms with Crippen LogP contribution in [-0.4, -0.2) is 16.8 Å². The molecule has 3 aromatic rings. The summed E-state index contributed by atoms with van der Waals surface area (Å²) in [5.41, 5.74) is 6.61. The fourth-order valence-corrected chi connectivity index (χ4v) is 3.40. The molecule has 0 aromatic heterocycles. The van der Waals surface area contributed by atoms with E-state index in [-0.39, 0.29) is 11.8 Å². The van der Waals surface area contributed by atoms with E-state index in [2.05, 4.69) is 61.6 Å². The van der Waals surface area contributed by atoms with Gasteiger partial charge in [0.2, 0.25) is 0 Å². The number of benzene rings is 3. The second kappa shape index (κ2) is 9.05. The highest BCUT2D eigenvalue weighted by Gasteiger charge is 2.16. The second-order valence-electron chi connectivity index (χ2n) is 7.56. The molecule has 0 radical (unpaired) electrons. The maximum absolute atomic E-state index is 10.7. The van der Waals surface area contributed by atoms with Crippen molar-refractivity contribution in [2.75, 3.05) is 6.54 Å². The van der Waals surface area contributed by atoms with E-state index in [1.54, 1.807) is 12.1 Å². The fourth-order valence-electron chi connectivity index (χ4n) is 3.40. The van der Waals surface area contributed by atoms with E-state index < -0.39 is 6.10 Å². The Balaban J connectivity index is 1.78. The number of hydrogen-bond donors (Lipinski definition) is 3. The third-order valence-corrected chi connectivity index (χ3v) is 5.38. The average Bonchev–Trinajstić information content (AvgIpc) is 2.70. The molecule has 0 amide bonds. The molecule has 0 aliphatic carbocycles. The predicted octanol–water partition coefficient (Wildman–Crippen LogP) is 4.92. The van der Waals surface area contributed by atoms with Crippen molar-refractivity contribution in [3.63, 3.8) is 0 Å². The zero-order chi connectivity index (χ0) is 20.1. The number of phenols is 1. The molecule has 3 aromatic carbocycles. The molecule has 146 valence electrons. The first-order valence-electron chi connectivity index (χ1n) is 9.76. The predicted molar refractivity (Wildman–Crippen MR) is 115 cm³/mol.